The highest BCUT2D eigenvalue weighted by Gasteiger charge is 2.22. The number of anilines is 1. The first-order valence-corrected chi connectivity index (χ1v) is 7.22. The Bertz CT molecular complexity index is 669. The van der Waals surface area contributed by atoms with Crippen molar-refractivity contribution in [1.82, 2.24) is 0 Å². The van der Waals surface area contributed by atoms with Crippen LogP contribution in [-0.2, 0) is 6.42 Å². The second-order valence-corrected chi connectivity index (χ2v) is 5.69. The maximum absolute atomic E-state index is 12.4. The Kier molecular flexibility index (Phi) is 3.68. The molecule has 3 rings (SSSR count). The fourth-order valence-corrected chi connectivity index (χ4v) is 3.06. The highest BCUT2D eigenvalue weighted by atomic mass is 35.5. The van der Waals surface area contributed by atoms with Crippen LogP contribution in [0.15, 0.2) is 42.5 Å². The fraction of sp³-hybridized carbons (Fsp3) is 0.188. The second-order valence-electron chi connectivity index (χ2n) is 4.85. The second kappa shape index (κ2) is 5.47. The van der Waals surface area contributed by atoms with E-state index in [-0.39, 0.29) is 5.78 Å². The molecule has 0 spiro atoms. The molecule has 0 aliphatic carbocycles. The Labute approximate surface area is 127 Å². The lowest BCUT2D eigenvalue weighted by molar-refractivity contribution is 0.0999. The lowest BCUT2D eigenvalue weighted by Gasteiger charge is -2.18. The van der Waals surface area contributed by atoms with E-state index in [9.17, 15) is 4.79 Å². The number of carbonyl (C=O) groups is 1. The maximum Gasteiger partial charge on any atom is 0.183 e. The van der Waals surface area contributed by atoms with Gasteiger partial charge in [-0.2, -0.15) is 0 Å². The van der Waals surface area contributed by atoms with E-state index in [1.165, 1.54) is 5.56 Å². The van der Waals surface area contributed by atoms with E-state index >= 15 is 0 Å². The molecule has 2 nitrogen and oxygen atoms in total. The summed E-state index contributed by atoms with van der Waals surface area (Å²) in [5, 5.41) is 0.952. The van der Waals surface area contributed by atoms with Crippen molar-refractivity contribution >= 4 is 34.7 Å². The van der Waals surface area contributed by atoms with Crippen LogP contribution < -0.4 is 4.90 Å². The fourth-order valence-electron chi connectivity index (χ4n) is 2.54. The van der Waals surface area contributed by atoms with Gasteiger partial charge in [0, 0.05) is 22.8 Å². The lowest BCUT2D eigenvalue weighted by atomic mass is 10.1. The molecule has 102 valence electrons. The molecule has 0 atom stereocenters. The quantitative estimate of drug-likeness (QED) is 0.791. The Morgan fingerprint density at radius 3 is 2.75 bits per heavy atom. The van der Waals surface area contributed by atoms with Gasteiger partial charge >= 0.3 is 0 Å². The molecule has 0 saturated heterocycles. The summed E-state index contributed by atoms with van der Waals surface area (Å²) < 4.78 is 0. The molecule has 0 amide bonds. The molecule has 0 saturated carbocycles. The molecular formula is C16H13Cl2NO. The summed E-state index contributed by atoms with van der Waals surface area (Å²) in [6.07, 6.45) is 0.984. The van der Waals surface area contributed by atoms with Crippen molar-refractivity contribution in [2.45, 2.75) is 6.42 Å². The van der Waals surface area contributed by atoms with Crippen LogP contribution in [0.1, 0.15) is 15.9 Å². The van der Waals surface area contributed by atoms with Crippen molar-refractivity contribution < 1.29 is 4.79 Å². The number of benzene rings is 2. The third-order valence-corrected chi connectivity index (χ3v) is 4.10. The minimum Gasteiger partial charge on any atom is -0.363 e. The van der Waals surface area contributed by atoms with Gasteiger partial charge in [-0.15, -0.1) is 0 Å². The molecule has 1 aliphatic rings. The standard InChI is InChI=1S/C16H13Cl2NO/c17-12-5-6-13(14(18)9-12)16(20)10-19-8-7-11-3-1-2-4-15(11)19/h1-6,9H,7-8,10H2. The average Bonchev–Trinajstić information content (AvgIpc) is 2.82. The number of carbonyl (C=O) groups excluding carboxylic acids is 1. The van der Waals surface area contributed by atoms with Crippen LogP contribution in [0.5, 0.6) is 0 Å². The smallest absolute Gasteiger partial charge is 0.183 e. The summed E-state index contributed by atoms with van der Waals surface area (Å²) in [5.41, 5.74) is 2.97. The van der Waals surface area contributed by atoms with Crippen LogP contribution in [0.2, 0.25) is 10.0 Å². The average molecular weight is 306 g/mol. The first kappa shape index (κ1) is 13.5. The Morgan fingerprint density at radius 1 is 1.15 bits per heavy atom. The molecule has 0 unspecified atom stereocenters. The number of ketones is 1. The highest BCUT2D eigenvalue weighted by molar-refractivity contribution is 6.37. The Hall–Kier alpha value is -1.51. The van der Waals surface area contributed by atoms with Crippen LogP contribution in [0.4, 0.5) is 5.69 Å². The van der Waals surface area contributed by atoms with E-state index in [1.807, 2.05) is 12.1 Å². The number of nitrogens with zero attached hydrogens (tertiary/aromatic N) is 1. The normalized spacial score (nSPS) is 13.4. The van der Waals surface area contributed by atoms with Crippen molar-refractivity contribution in [3.8, 4) is 0 Å². The van der Waals surface area contributed by atoms with Gasteiger partial charge in [-0.1, -0.05) is 41.4 Å². The summed E-state index contributed by atoms with van der Waals surface area (Å²) in [7, 11) is 0. The van der Waals surface area contributed by atoms with Crippen LogP contribution in [0.3, 0.4) is 0 Å². The molecule has 0 bridgehead atoms. The van der Waals surface area contributed by atoms with Gasteiger partial charge in [-0.25, -0.2) is 0 Å². The first-order chi connectivity index (χ1) is 9.65. The molecule has 4 heteroatoms. The molecule has 0 radical (unpaired) electrons. The summed E-state index contributed by atoms with van der Waals surface area (Å²) in [5.74, 6) is 0.0170. The van der Waals surface area contributed by atoms with Crippen molar-refractivity contribution in [2.75, 3.05) is 18.0 Å². The monoisotopic (exact) mass is 305 g/mol. The zero-order valence-corrected chi connectivity index (χ0v) is 12.3. The van der Waals surface area contributed by atoms with Crippen LogP contribution >= 0.6 is 23.2 Å². The van der Waals surface area contributed by atoms with Gasteiger partial charge in [-0.3, -0.25) is 4.79 Å². The van der Waals surface area contributed by atoms with E-state index in [2.05, 4.69) is 17.0 Å². The number of para-hydroxylation sites is 1. The minimum atomic E-state index is 0.0170. The van der Waals surface area contributed by atoms with Crippen LogP contribution in [-0.4, -0.2) is 18.9 Å². The lowest BCUT2D eigenvalue weighted by Crippen LogP contribution is -2.28. The number of hydrogen-bond acceptors (Lipinski definition) is 2. The zero-order chi connectivity index (χ0) is 14.1. The van der Waals surface area contributed by atoms with Gasteiger partial charge in [-0.05, 0) is 36.2 Å². The van der Waals surface area contributed by atoms with Crippen molar-refractivity contribution in [3.63, 3.8) is 0 Å². The van der Waals surface area contributed by atoms with Gasteiger partial charge in [0.1, 0.15) is 0 Å². The molecule has 0 N–H and O–H groups in total. The SMILES string of the molecule is O=C(CN1CCc2ccccc21)c1ccc(Cl)cc1Cl. The molecule has 1 aliphatic heterocycles. The number of Topliss-reactive ketones (excluding diaryl/α,β-unsaturated/α-hetero) is 1. The minimum absolute atomic E-state index is 0.0170. The number of rotatable bonds is 3. The largest absolute Gasteiger partial charge is 0.363 e. The first-order valence-electron chi connectivity index (χ1n) is 6.46. The maximum atomic E-state index is 12.4. The summed E-state index contributed by atoms with van der Waals surface area (Å²) >= 11 is 11.9. The molecular weight excluding hydrogens is 293 g/mol. The predicted octanol–water partition coefficient (Wildman–Crippen LogP) is 4.24. The Balaban J connectivity index is 1.81. The van der Waals surface area contributed by atoms with Crippen molar-refractivity contribution in [3.05, 3.63) is 63.6 Å². The number of hydrogen-bond donors (Lipinski definition) is 0. The molecule has 0 aromatic heterocycles. The van der Waals surface area contributed by atoms with E-state index in [1.54, 1.807) is 18.2 Å². The van der Waals surface area contributed by atoms with E-state index < -0.39 is 0 Å². The van der Waals surface area contributed by atoms with Crippen LogP contribution in [0.25, 0.3) is 0 Å². The van der Waals surface area contributed by atoms with Crippen molar-refractivity contribution in [2.24, 2.45) is 0 Å². The number of fused-ring (bicyclic) bond motifs is 1. The molecule has 20 heavy (non-hydrogen) atoms. The van der Waals surface area contributed by atoms with E-state index in [0.29, 0.717) is 22.2 Å². The third kappa shape index (κ3) is 2.54. The zero-order valence-electron chi connectivity index (χ0n) is 10.8. The van der Waals surface area contributed by atoms with Crippen molar-refractivity contribution in [1.29, 1.82) is 0 Å². The van der Waals surface area contributed by atoms with Gasteiger partial charge in [0.05, 0.1) is 11.6 Å². The summed E-state index contributed by atoms with van der Waals surface area (Å²) in [4.78, 5) is 14.5. The number of halogens is 2. The van der Waals surface area contributed by atoms with Gasteiger partial charge in [0.25, 0.3) is 0 Å². The highest BCUT2D eigenvalue weighted by Crippen LogP contribution is 2.28. The van der Waals surface area contributed by atoms with E-state index in [4.69, 9.17) is 23.2 Å². The van der Waals surface area contributed by atoms with Gasteiger partial charge in [0.2, 0.25) is 0 Å². The summed E-state index contributed by atoms with van der Waals surface area (Å²) in [6, 6.07) is 13.2. The predicted molar refractivity (Wildman–Crippen MR) is 83.2 cm³/mol. The van der Waals surface area contributed by atoms with Gasteiger partial charge < -0.3 is 4.90 Å². The van der Waals surface area contributed by atoms with E-state index in [0.717, 1.165) is 18.7 Å². The molecule has 1 heterocycles. The molecule has 0 fully saturated rings. The topological polar surface area (TPSA) is 20.3 Å². The van der Waals surface area contributed by atoms with Gasteiger partial charge in [0.15, 0.2) is 5.78 Å². The summed E-state index contributed by atoms with van der Waals surface area (Å²) in [6.45, 7) is 1.22. The molecule has 2 aromatic carbocycles. The Morgan fingerprint density at radius 2 is 1.95 bits per heavy atom. The van der Waals surface area contributed by atoms with Crippen LogP contribution in [0, 0.1) is 0 Å². The third-order valence-electron chi connectivity index (χ3n) is 3.55. The molecule has 2 aromatic rings.